The second kappa shape index (κ2) is 8.51. The van der Waals surface area contributed by atoms with Crippen molar-refractivity contribution < 1.29 is 14.3 Å². The van der Waals surface area contributed by atoms with E-state index in [4.69, 9.17) is 5.11 Å². The van der Waals surface area contributed by atoms with Crippen LogP contribution in [0.1, 0.15) is 51.9 Å². The summed E-state index contributed by atoms with van der Waals surface area (Å²) in [6, 6.07) is 3.84. The van der Waals surface area contributed by atoms with Crippen LogP contribution in [0.4, 0.5) is 10.1 Å². The molecule has 3 nitrogen and oxygen atoms in total. The lowest BCUT2D eigenvalue weighted by atomic mass is 10.1. The van der Waals surface area contributed by atoms with Crippen molar-refractivity contribution in [2.45, 2.75) is 51.9 Å². The Bertz CT molecular complexity index is 407. The predicted octanol–water partition coefficient (Wildman–Crippen LogP) is 4.22. The maximum absolute atomic E-state index is 13.1. The highest BCUT2D eigenvalue weighted by Gasteiger charge is 2.05. The van der Waals surface area contributed by atoms with Gasteiger partial charge < -0.3 is 10.4 Å². The van der Waals surface area contributed by atoms with Gasteiger partial charge in [-0.25, -0.2) is 4.39 Å². The van der Waals surface area contributed by atoms with Crippen LogP contribution < -0.4 is 5.32 Å². The van der Waals surface area contributed by atoms with Crippen molar-refractivity contribution >= 4 is 11.6 Å². The van der Waals surface area contributed by atoms with Gasteiger partial charge in [-0.3, -0.25) is 4.79 Å². The first-order chi connectivity index (χ1) is 9.13. The summed E-state index contributed by atoms with van der Waals surface area (Å²) in [6.07, 6.45) is 7.21. The monoisotopic (exact) mass is 267 g/mol. The van der Waals surface area contributed by atoms with Crippen LogP contribution in [0.15, 0.2) is 18.2 Å². The number of phenols is 1. The van der Waals surface area contributed by atoms with E-state index in [2.05, 4.69) is 12.2 Å². The lowest BCUT2D eigenvalue weighted by Gasteiger charge is -2.06. The normalized spacial score (nSPS) is 10.4. The molecule has 1 rings (SSSR count). The Morgan fingerprint density at radius 2 is 1.89 bits per heavy atom. The molecule has 0 saturated carbocycles. The van der Waals surface area contributed by atoms with Crippen LogP contribution >= 0.6 is 0 Å². The molecule has 1 amide bonds. The number of carbonyl (C=O) groups excluding carboxylic acids is 1. The number of aromatic hydroxyl groups is 1. The van der Waals surface area contributed by atoms with E-state index in [0.717, 1.165) is 25.3 Å². The van der Waals surface area contributed by atoms with E-state index < -0.39 is 11.6 Å². The molecular formula is C15H22FNO2. The van der Waals surface area contributed by atoms with Gasteiger partial charge in [0.1, 0.15) is 0 Å². The van der Waals surface area contributed by atoms with E-state index in [1.165, 1.54) is 31.4 Å². The van der Waals surface area contributed by atoms with Gasteiger partial charge >= 0.3 is 0 Å². The van der Waals surface area contributed by atoms with Crippen molar-refractivity contribution in [2.24, 2.45) is 0 Å². The number of nitrogens with one attached hydrogen (secondary N) is 1. The maximum Gasteiger partial charge on any atom is 0.224 e. The number of benzene rings is 1. The molecule has 2 N–H and O–H groups in total. The van der Waals surface area contributed by atoms with Gasteiger partial charge in [0.15, 0.2) is 11.6 Å². The first-order valence-electron chi connectivity index (χ1n) is 6.92. The van der Waals surface area contributed by atoms with Crippen molar-refractivity contribution in [1.29, 1.82) is 0 Å². The Kier molecular flexibility index (Phi) is 6.93. The second-order valence-corrected chi connectivity index (χ2v) is 4.73. The van der Waals surface area contributed by atoms with E-state index in [1.54, 1.807) is 0 Å². The highest BCUT2D eigenvalue weighted by atomic mass is 19.1. The molecule has 0 fully saturated rings. The highest BCUT2D eigenvalue weighted by molar-refractivity contribution is 5.90. The number of anilines is 1. The highest BCUT2D eigenvalue weighted by Crippen LogP contribution is 2.19. The maximum atomic E-state index is 13.1. The van der Waals surface area contributed by atoms with Crippen LogP contribution in [-0.4, -0.2) is 11.0 Å². The topological polar surface area (TPSA) is 49.3 Å². The van der Waals surface area contributed by atoms with Crippen LogP contribution in [0.25, 0.3) is 0 Å². The lowest BCUT2D eigenvalue weighted by molar-refractivity contribution is -0.116. The number of hydrogen-bond donors (Lipinski definition) is 2. The number of unbranched alkanes of at least 4 members (excludes halogenated alkanes) is 5. The molecule has 1 aromatic rings. The number of halogens is 1. The van der Waals surface area contributed by atoms with E-state index >= 15 is 0 Å². The second-order valence-electron chi connectivity index (χ2n) is 4.73. The summed E-state index contributed by atoms with van der Waals surface area (Å²) in [7, 11) is 0. The van der Waals surface area contributed by atoms with Crippen molar-refractivity contribution in [3.05, 3.63) is 24.0 Å². The molecule has 0 aliphatic carbocycles. The van der Waals surface area contributed by atoms with Gasteiger partial charge in [-0.1, -0.05) is 39.0 Å². The van der Waals surface area contributed by atoms with Crippen molar-refractivity contribution in [2.75, 3.05) is 5.32 Å². The third kappa shape index (κ3) is 6.22. The smallest absolute Gasteiger partial charge is 0.224 e. The fourth-order valence-corrected chi connectivity index (χ4v) is 1.87. The quantitative estimate of drug-likeness (QED) is 0.547. The summed E-state index contributed by atoms with van der Waals surface area (Å²) in [5.74, 6) is -1.24. The SMILES string of the molecule is CCCCCCCCC(=O)Nc1ccc(O)c(F)c1. The Morgan fingerprint density at radius 1 is 1.21 bits per heavy atom. The Morgan fingerprint density at radius 3 is 2.58 bits per heavy atom. The molecule has 0 saturated heterocycles. The minimum Gasteiger partial charge on any atom is -0.505 e. The fraction of sp³-hybridized carbons (Fsp3) is 0.533. The van der Waals surface area contributed by atoms with Gasteiger partial charge in [-0.15, -0.1) is 0 Å². The molecule has 19 heavy (non-hydrogen) atoms. The van der Waals surface area contributed by atoms with Crippen LogP contribution in [0.2, 0.25) is 0 Å². The van der Waals surface area contributed by atoms with Gasteiger partial charge in [-0.05, 0) is 18.6 Å². The number of carbonyl (C=O) groups is 1. The molecule has 0 atom stereocenters. The van der Waals surface area contributed by atoms with Gasteiger partial charge in [0.05, 0.1) is 0 Å². The molecule has 4 heteroatoms. The van der Waals surface area contributed by atoms with Gasteiger partial charge in [0.25, 0.3) is 0 Å². The summed E-state index contributed by atoms with van der Waals surface area (Å²) in [5, 5.41) is 11.7. The van der Waals surface area contributed by atoms with Crippen LogP contribution in [0, 0.1) is 5.82 Å². The lowest BCUT2D eigenvalue weighted by Crippen LogP contribution is -2.11. The van der Waals surface area contributed by atoms with E-state index in [-0.39, 0.29) is 5.91 Å². The van der Waals surface area contributed by atoms with Gasteiger partial charge in [0.2, 0.25) is 5.91 Å². The summed E-state index contributed by atoms with van der Waals surface area (Å²) >= 11 is 0. The summed E-state index contributed by atoms with van der Waals surface area (Å²) in [4.78, 5) is 11.6. The van der Waals surface area contributed by atoms with Gasteiger partial charge in [-0.2, -0.15) is 0 Å². The van der Waals surface area contributed by atoms with Gasteiger partial charge in [0, 0.05) is 18.2 Å². The molecule has 0 aliphatic rings. The summed E-state index contributed by atoms with van der Waals surface area (Å²) in [5.41, 5.74) is 0.381. The first kappa shape index (κ1) is 15.5. The minimum absolute atomic E-state index is 0.111. The van der Waals surface area contributed by atoms with E-state index in [0.29, 0.717) is 12.1 Å². The Balaban J connectivity index is 2.21. The molecular weight excluding hydrogens is 245 g/mol. The summed E-state index contributed by atoms with van der Waals surface area (Å²) in [6.45, 7) is 2.17. The Hall–Kier alpha value is -1.58. The fourth-order valence-electron chi connectivity index (χ4n) is 1.87. The standard InChI is InChI=1S/C15H22FNO2/c1-2-3-4-5-6-7-8-15(19)17-12-9-10-14(18)13(16)11-12/h9-11,18H,2-8H2,1H3,(H,17,19). The zero-order valence-corrected chi connectivity index (χ0v) is 11.4. The van der Waals surface area contributed by atoms with Crippen molar-refractivity contribution in [1.82, 2.24) is 0 Å². The predicted molar refractivity (Wildman–Crippen MR) is 74.7 cm³/mol. The first-order valence-corrected chi connectivity index (χ1v) is 6.92. The third-order valence-electron chi connectivity index (χ3n) is 2.99. The molecule has 106 valence electrons. The molecule has 0 unspecified atom stereocenters. The zero-order valence-electron chi connectivity index (χ0n) is 11.4. The molecule has 1 aromatic carbocycles. The minimum atomic E-state index is -0.725. The van der Waals surface area contributed by atoms with Crippen LogP contribution in [0.3, 0.4) is 0 Å². The molecule has 0 aromatic heterocycles. The van der Waals surface area contributed by atoms with Crippen molar-refractivity contribution in [3.63, 3.8) is 0 Å². The average Bonchev–Trinajstić information content (AvgIpc) is 2.38. The number of phenolic OH excluding ortho intramolecular Hbond substituents is 1. The van der Waals surface area contributed by atoms with Crippen molar-refractivity contribution in [3.8, 4) is 5.75 Å². The van der Waals surface area contributed by atoms with E-state index in [1.807, 2.05) is 0 Å². The zero-order chi connectivity index (χ0) is 14.1. The number of hydrogen-bond acceptors (Lipinski definition) is 2. The van der Waals surface area contributed by atoms with Crippen LogP contribution in [0.5, 0.6) is 5.75 Å². The van der Waals surface area contributed by atoms with Crippen LogP contribution in [-0.2, 0) is 4.79 Å². The average molecular weight is 267 g/mol. The largest absolute Gasteiger partial charge is 0.505 e. The summed E-state index contributed by atoms with van der Waals surface area (Å²) < 4.78 is 13.1. The number of amides is 1. The molecule has 0 bridgehead atoms. The van der Waals surface area contributed by atoms with E-state index in [9.17, 15) is 9.18 Å². The number of rotatable bonds is 8. The molecule has 0 radical (unpaired) electrons. The molecule has 0 spiro atoms. The molecule has 0 aliphatic heterocycles. The Labute approximate surface area is 113 Å². The molecule has 0 heterocycles. The third-order valence-corrected chi connectivity index (χ3v) is 2.99.